The minimum atomic E-state index is 0.343. The van der Waals surface area contributed by atoms with Gasteiger partial charge in [0.1, 0.15) is 17.4 Å². The van der Waals surface area contributed by atoms with Crippen LogP contribution in [0.1, 0.15) is 48.8 Å². The summed E-state index contributed by atoms with van der Waals surface area (Å²) in [7, 11) is 2.12. The summed E-state index contributed by atoms with van der Waals surface area (Å²) < 4.78 is 2.22. The fourth-order valence-corrected chi connectivity index (χ4v) is 4.33. The third-order valence-corrected chi connectivity index (χ3v) is 5.75. The number of nitrogens with zero attached hydrogens (tertiary/aromatic N) is 5. The largest absolute Gasteiger partial charge is 0.508 e. The second-order valence-corrected chi connectivity index (χ2v) is 7.76. The number of likely N-dealkylation sites (tertiary alicyclic amines) is 2. The van der Waals surface area contributed by atoms with E-state index in [0.29, 0.717) is 11.7 Å². The number of aromatic hydroxyl groups is 1. The van der Waals surface area contributed by atoms with Crippen molar-refractivity contribution in [3.63, 3.8) is 0 Å². The molecule has 0 aliphatic carbocycles. The highest BCUT2D eigenvalue weighted by atomic mass is 16.3. The van der Waals surface area contributed by atoms with E-state index >= 15 is 0 Å². The molecule has 2 fully saturated rings. The molecule has 4 rings (SSSR count). The molecule has 0 unspecified atom stereocenters. The van der Waals surface area contributed by atoms with Crippen molar-refractivity contribution in [2.45, 2.75) is 44.7 Å². The molecule has 1 atom stereocenters. The smallest absolute Gasteiger partial charge is 0.146 e. The van der Waals surface area contributed by atoms with E-state index in [4.69, 9.17) is 0 Å². The normalized spacial score (nSPS) is 22.1. The standard InChI is InChI=1S/C20H29N5O/c1-23-19(15-24-9-2-3-10-24)21-22-20(23)17-7-5-11-25(14-17)13-16-6-4-8-18(26)12-16/h4,6,8,12,17,26H,2-3,5,7,9-11,13-15H2,1H3/t17-/m1/s1. The molecule has 2 aliphatic heterocycles. The van der Waals surface area contributed by atoms with Crippen LogP contribution in [0.2, 0.25) is 0 Å². The minimum Gasteiger partial charge on any atom is -0.508 e. The molecule has 0 spiro atoms. The lowest BCUT2D eigenvalue weighted by molar-refractivity contribution is 0.194. The third kappa shape index (κ3) is 3.91. The molecule has 0 amide bonds. The van der Waals surface area contributed by atoms with Gasteiger partial charge in [-0.05, 0) is 63.0 Å². The number of phenolic OH excluding ortho intramolecular Hbond substituents is 1. The Hall–Kier alpha value is -1.92. The Balaban J connectivity index is 1.41. The summed E-state index contributed by atoms with van der Waals surface area (Å²) in [5.41, 5.74) is 1.17. The Kier molecular flexibility index (Phi) is 5.22. The average Bonchev–Trinajstić information content (AvgIpc) is 3.26. The summed E-state index contributed by atoms with van der Waals surface area (Å²) in [6.45, 7) is 6.27. The zero-order chi connectivity index (χ0) is 17.9. The predicted molar refractivity (Wildman–Crippen MR) is 101 cm³/mol. The van der Waals surface area contributed by atoms with Crippen molar-refractivity contribution in [3.05, 3.63) is 41.5 Å². The monoisotopic (exact) mass is 355 g/mol. The lowest BCUT2D eigenvalue weighted by atomic mass is 9.96. The second kappa shape index (κ2) is 7.76. The molecule has 1 N–H and O–H groups in total. The topological polar surface area (TPSA) is 57.4 Å². The number of rotatable bonds is 5. The number of phenols is 1. The predicted octanol–water partition coefficient (Wildman–Crippen LogP) is 2.50. The molecule has 2 aliphatic rings. The molecular weight excluding hydrogens is 326 g/mol. The van der Waals surface area contributed by atoms with E-state index in [9.17, 15) is 5.11 Å². The van der Waals surface area contributed by atoms with E-state index in [2.05, 4.69) is 37.7 Å². The lowest BCUT2D eigenvalue weighted by Gasteiger charge is -2.32. The van der Waals surface area contributed by atoms with Crippen LogP contribution in [0.4, 0.5) is 0 Å². The quantitative estimate of drug-likeness (QED) is 0.893. The van der Waals surface area contributed by atoms with Crippen LogP contribution >= 0.6 is 0 Å². The Morgan fingerprint density at radius 1 is 1.04 bits per heavy atom. The zero-order valence-corrected chi connectivity index (χ0v) is 15.6. The molecule has 0 saturated carbocycles. The van der Waals surface area contributed by atoms with Gasteiger partial charge >= 0.3 is 0 Å². The summed E-state index contributed by atoms with van der Waals surface area (Å²) in [5.74, 6) is 2.99. The van der Waals surface area contributed by atoms with Crippen molar-refractivity contribution in [1.82, 2.24) is 24.6 Å². The number of piperidine rings is 1. The van der Waals surface area contributed by atoms with Gasteiger partial charge in [-0.3, -0.25) is 9.80 Å². The van der Waals surface area contributed by atoms with Gasteiger partial charge in [-0.15, -0.1) is 10.2 Å². The van der Waals surface area contributed by atoms with Crippen LogP contribution in [-0.4, -0.2) is 55.8 Å². The first kappa shape index (κ1) is 17.5. The van der Waals surface area contributed by atoms with Gasteiger partial charge in [0.05, 0.1) is 6.54 Å². The van der Waals surface area contributed by atoms with Gasteiger partial charge in [0.2, 0.25) is 0 Å². The van der Waals surface area contributed by atoms with E-state index in [-0.39, 0.29) is 0 Å². The van der Waals surface area contributed by atoms with Crippen molar-refractivity contribution in [3.8, 4) is 5.75 Å². The van der Waals surface area contributed by atoms with Gasteiger partial charge < -0.3 is 9.67 Å². The van der Waals surface area contributed by atoms with Crippen LogP contribution in [0.3, 0.4) is 0 Å². The van der Waals surface area contributed by atoms with Gasteiger partial charge in [-0.2, -0.15) is 0 Å². The molecule has 6 nitrogen and oxygen atoms in total. The second-order valence-electron chi connectivity index (χ2n) is 7.76. The van der Waals surface area contributed by atoms with Crippen molar-refractivity contribution >= 4 is 0 Å². The van der Waals surface area contributed by atoms with Crippen LogP contribution in [0, 0.1) is 0 Å². The maximum absolute atomic E-state index is 9.68. The molecule has 140 valence electrons. The van der Waals surface area contributed by atoms with Crippen LogP contribution in [0.5, 0.6) is 5.75 Å². The fraction of sp³-hybridized carbons (Fsp3) is 0.600. The minimum absolute atomic E-state index is 0.343. The Labute approximate surface area is 155 Å². The summed E-state index contributed by atoms with van der Waals surface area (Å²) in [5, 5.41) is 18.7. The molecule has 0 bridgehead atoms. The van der Waals surface area contributed by atoms with Gasteiger partial charge in [0.15, 0.2) is 0 Å². The number of hydrogen-bond acceptors (Lipinski definition) is 5. The number of benzene rings is 1. The molecule has 2 saturated heterocycles. The van der Waals surface area contributed by atoms with Crippen LogP contribution < -0.4 is 0 Å². The van der Waals surface area contributed by atoms with Crippen LogP contribution in [-0.2, 0) is 20.1 Å². The maximum atomic E-state index is 9.68. The molecule has 6 heteroatoms. The highest BCUT2D eigenvalue weighted by Crippen LogP contribution is 2.27. The van der Waals surface area contributed by atoms with Gasteiger partial charge in [0, 0.05) is 26.1 Å². The molecule has 26 heavy (non-hydrogen) atoms. The summed E-state index contributed by atoms with van der Waals surface area (Å²) in [6.07, 6.45) is 4.96. The SMILES string of the molecule is Cn1c(CN2CCCC2)nnc1[C@@H]1CCCN(Cc2cccc(O)c2)C1. The van der Waals surface area contributed by atoms with E-state index in [0.717, 1.165) is 37.8 Å². The highest BCUT2D eigenvalue weighted by molar-refractivity contribution is 5.27. The molecule has 3 heterocycles. The van der Waals surface area contributed by atoms with Gasteiger partial charge in [-0.1, -0.05) is 12.1 Å². The maximum Gasteiger partial charge on any atom is 0.146 e. The molecule has 1 aromatic carbocycles. The summed E-state index contributed by atoms with van der Waals surface area (Å²) in [4.78, 5) is 4.95. The van der Waals surface area contributed by atoms with Crippen molar-refractivity contribution < 1.29 is 5.11 Å². The number of aromatic nitrogens is 3. The lowest BCUT2D eigenvalue weighted by Crippen LogP contribution is -2.35. The van der Waals surface area contributed by atoms with Crippen molar-refractivity contribution in [2.75, 3.05) is 26.2 Å². The highest BCUT2D eigenvalue weighted by Gasteiger charge is 2.26. The van der Waals surface area contributed by atoms with E-state index in [1.165, 1.54) is 44.3 Å². The van der Waals surface area contributed by atoms with Crippen LogP contribution in [0.25, 0.3) is 0 Å². The first-order chi connectivity index (χ1) is 12.7. The zero-order valence-electron chi connectivity index (χ0n) is 15.6. The molecule has 2 aromatic rings. The van der Waals surface area contributed by atoms with Gasteiger partial charge in [0.25, 0.3) is 0 Å². The molecule has 1 aromatic heterocycles. The van der Waals surface area contributed by atoms with Crippen molar-refractivity contribution in [1.29, 1.82) is 0 Å². The summed E-state index contributed by atoms with van der Waals surface area (Å²) >= 11 is 0. The van der Waals surface area contributed by atoms with E-state index in [1.54, 1.807) is 6.07 Å². The Morgan fingerprint density at radius 2 is 1.85 bits per heavy atom. The summed E-state index contributed by atoms with van der Waals surface area (Å²) in [6, 6.07) is 7.59. The average molecular weight is 355 g/mol. The molecule has 0 radical (unpaired) electrons. The first-order valence-electron chi connectivity index (χ1n) is 9.80. The number of hydrogen-bond donors (Lipinski definition) is 1. The molecular formula is C20H29N5O. The Bertz CT molecular complexity index is 738. The first-order valence-corrected chi connectivity index (χ1v) is 9.80. The van der Waals surface area contributed by atoms with Gasteiger partial charge in [-0.25, -0.2) is 0 Å². The van der Waals surface area contributed by atoms with E-state index < -0.39 is 0 Å². The Morgan fingerprint density at radius 3 is 2.65 bits per heavy atom. The third-order valence-electron chi connectivity index (χ3n) is 5.75. The fourth-order valence-electron chi connectivity index (χ4n) is 4.33. The van der Waals surface area contributed by atoms with Crippen LogP contribution in [0.15, 0.2) is 24.3 Å². The van der Waals surface area contributed by atoms with E-state index in [1.807, 2.05) is 12.1 Å². The van der Waals surface area contributed by atoms with Crippen molar-refractivity contribution in [2.24, 2.45) is 7.05 Å².